The summed E-state index contributed by atoms with van der Waals surface area (Å²) in [5, 5.41) is 8.19. The van der Waals surface area contributed by atoms with Gasteiger partial charge in [-0.3, -0.25) is 4.98 Å². The second kappa shape index (κ2) is 6.09. The third-order valence-corrected chi connectivity index (χ3v) is 4.86. The van der Waals surface area contributed by atoms with Gasteiger partial charge in [-0.15, -0.1) is 0 Å². The quantitative estimate of drug-likeness (QED) is 0.811. The van der Waals surface area contributed by atoms with Gasteiger partial charge in [0.1, 0.15) is 0 Å². The maximum absolute atomic E-state index is 12.0. The number of sulfonamides is 1. The van der Waals surface area contributed by atoms with E-state index in [2.05, 4.69) is 4.98 Å². The molecule has 0 saturated carbocycles. The topological polar surface area (TPSA) is 70.5 Å². The van der Waals surface area contributed by atoms with Crippen LogP contribution in [0.2, 0.25) is 0 Å². The molecular formula is C11H18N2O3S. The van der Waals surface area contributed by atoms with Crippen LogP contribution in [0.3, 0.4) is 0 Å². The fourth-order valence-electron chi connectivity index (χ4n) is 1.42. The van der Waals surface area contributed by atoms with E-state index >= 15 is 0 Å². The highest BCUT2D eigenvalue weighted by Gasteiger charge is 2.26. The van der Waals surface area contributed by atoms with Gasteiger partial charge < -0.3 is 5.11 Å². The highest BCUT2D eigenvalue weighted by Crippen LogP contribution is 2.12. The van der Waals surface area contributed by atoms with Crippen LogP contribution in [0.25, 0.3) is 0 Å². The van der Waals surface area contributed by atoms with Crippen molar-refractivity contribution < 1.29 is 13.5 Å². The van der Waals surface area contributed by atoms with Gasteiger partial charge in [0.25, 0.3) is 0 Å². The molecule has 1 aromatic rings. The van der Waals surface area contributed by atoms with Crippen LogP contribution >= 0.6 is 0 Å². The van der Waals surface area contributed by atoms with Crippen molar-refractivity contribution in [3.8, 4) is 0 Å². The monoisotopic (exact) mass is 258 g/mol. The number of hydrogen-bond donors (Lipinski definition) is 1. The molecule has 0 aromatic carbocycles. The molecule has 0 spiro atoms. The standard InChI is InChI=1S/C11H18N2O3S/c1-3-13(17(15,16)10(2)9-14)8-11-4-6-12-7-5-11/h4-7,10,14H,3,8-9H2,1-2H3. The third-order valence-electron chi connectivity index (χ3n) is 2.59. The van der Waals surface area contributed by atoms with Crippen molar-refractivity contribution in [1.82, 2.24) is 9.29 Å². The molecule has 6 heteroatoms. The lowest BCUT2D eigenvalue weighted by atomic mass is 10.3. The molecule has 0 saturated heterocycles. The van der Waals surface area contributed by atoms with Gasteiger partial charge >= 0.3 is 0 Å². The van der Waals surface area contributed by atoms with Crippen LogP contribution in [0.15, 0.2) is 24.5 Å². The maximum Gasteiger partial charge on any atom is 0.219 e. The first-order valence-electron chi connectivity index (χ1n) is 5.51. The Kier molecular flexibility index (Phi) is 5.04. The van der Waals surface area contributed by atoms with E-state index in [0.29, 0.717) is 13.1 Å². The molecule has 5 nitrogen and oxygen atoms in total. The van der Waals surface area contributed by atoms with Gasteiger partial charge in [0.2, 0.25) is 10.0 Å². The fraction of sp³-hybridized carbons (Fsp3) is 0.545. The van der Waals surface area contributed by atoms with E-state index in [-0.39, 0.29) is 6.61 Å². The number of nitrogens with zero attached hydrogens (tertiary/aromatic N) is 2. The highest BCUT2D eigenvalue weighted by molar-refractivity contribution is 7.89. The van der Waals surface area contributed by atoms with Crippen molar-refractivity contribution in [2.45, 2.75) is 25.6 Å². The van der Waals surface area contributed by atoms with Crippen LogP contribution in [-0.4, -0.2) is 41.2 Å². The van der Waals surface area contributed by atoms with Crippen LogP contribution in [0.4, 0.5) is 0 Å². The molecule has 0 aliphatic rings. The third kappa shape index (κ3) is 3.49. The Labute approximate surface area is 102 Å². The lowest BCUT2D eigenvalue weighted by molar-refractivity contribution is 0.288. The Morgan fingerprint density at radius 2 is 2.00 bits per heavy atom. The number of aliphatic hydroxyl groups excluding tert-OH is 1. The molecule has 1 atom stereocenters. The predicted molar refractivity (Wildman–Crippen MR) is 65.8 cm³/mol. The van der Waals surface area contributed by atoms with Crippen molar-refractivity contribution in [2.24, 2.45) is 0 Å². The summed E-state index contributed by atoms with van der Waals surface area (Å²) in [7, 11) is -3.44. The zero-order valence-corrected chi connectivity index (χ0v) is 10.9. The Morgan fingerprint density at radius 3 is 2.47 bits per heavy atom. The van der Waals surface area contributed by atoms with E-state index in [1.165, 1.54) is 11.2 Å². The molecule has 1 N–H and O–H groups in total. The first-order chi connectivity index (χ1) is 8.02. The smallest absolute Gasteiger partial charge is 0.219 e. The number of pyridine rings is 1. The van der Waals surface area contributed by atoms with Crippen molar-refractivity contribution >= 4 is 10.0 Å². The van der Waals surface area contributed by atoms with Crippen molar-refractivity contribution in [2.75, 3.05) is 13.2 Å². The van der Waals surface area contributed by atoms with Crippen LogP contribution < -0.4 is 0 Å². The van der Waals surface area contributed by atoms with Gasteiger partial charge in [-0.25, -0.2) is 8.42 Å². The number of aromatic nitrogens is 1. The van der Waals surface area contributed by atoms with Crippen LogP contribution in [-0.2, 0) is 16.6 Å². The molecule has 0 bridgehead atoms. The first-order valence-corrected chi connectivity index (χ1v) is 7.01. The van der Waals surface area contributed by atoms with Gasteiger partial charge in [-0.1, -0.05) is 6.92 Å². The lowest BCUT2D eigenvalue weighted by Gasteiger charge is -2.23. The summed E-state index contributed by atoms with van der Waals surface area (Å²) in [5.41, 5.74) is 0.885. The van der Waals surface area contributed by atoms with Gasteiger partial charge in [0.05, 0.1) is 11.9 Å². The average Bonchev–Trinajstić information content (AvgIpc) is 2.35. The van der Waals surface area contributed by atoms with Crippen LogP contribution in [0.1, 0.15) is 19.4 Å². The second-order valence-corrected chi connectivity index (χ2v) is 6.17. The highest BCUT2D eigenvalue weighted by atomic mass is 32.2. The molecule has 0 amide bonds. The number of rotatable bonds is 6. The molecule has 1 aromatic heterocycles. The Hall–Kier alpha value is -0.980. The molecule has 17 heavy (non-hydrogen) atoms. The molecule has 1 unspecified atom stereocenters. The summed E-state index contributed by atoms with van der Waals surface area (Å²) in [4.78, 5) is 3.88. The largest absolute Gasteiger partial charge is 0.395 e. The van der Waals surface area contributed by atoms with Crippen LogP contribution in [0.5, 0.6) is 0 Å². The zero-order chi connectivity index (χ0) is 12.9. The second-order valence-electron chi connectivity index (χ2n) is 3.82. The van der Waals surface area contributed by atoms with Gasteiger partial charge in [-0.2, -0.15) is 4.31 Å². The minimum atomic E-state index is -3.44. The maximum atomic E-state index is 12.0. The summed E-state index contributed by atoms with van der Waals surface area (Å²) >= 11 is 0. The lowest BCUT2D eigenvalue weighted by Crippen LogP contribution is -2.38. The van der Waals surface area contributed by atoms with Gasteiger partial charge in [0.15, 0.2) is 0 Å². The zero-order valence-electron chi connectivity index (χ0n) is 10.1. The summed E-state index contributed by atoms with van der Waals surface area (Å²) in [5.74, 6) is 0. The summed E-state index contributed by atoms with van der Waals surface area (Å²) in [6.07, 6.45) is 3.26. The van der Waals surface area contributed by atoms with Gasteiger partial charge in [-0.05, 0) is 24.6 Å². The SMILES string of the molecule is CCN(Cc1ccncc1)S(=O)(=O)C(C)CO. The molecule has 96 valence electrons. The number of aliphatic hydroxyl groups is 1. The molecule has 0 aliphatic heterocycles. The summed E-state index contributed by atoms with van der Waals surface area (Å²) in [6, 6.07) is 3.56. The van der Waals surface area contributed by atoms with Crippen molar-refractivity contribution in [3.05, 3.63) is 30.1 Å². The van der Waals surface area contributed by atoms with Crippen LogP contribution in [0, 0.1) is 0 Å². The minimum Gasteiger partial charge on any atom is -0.395 e. The molecule has 0 radical (unpaired) electrons. The normalized spacial score (nSPS) is 13.9. The molecule has 0 aliphatic carbocycles. The first kappa shape index (κ1) is 14.1. The van der Waals surface area contributed by atoms with E-state index < -0.39 is 15.3 Å². The number of hydrogen-bond acceptors (Lipinski definition) is 4. The van der Waals surface area contributed by atoms with Crippen molar-refractivity contribution in [3.63, 3.8) is 0 Å². The summed E-state index contributed by atoms with van der Waals surface area (Å²) in [6.45, 7) is 3.61. The molecule has 0 fully saturated rings. The molecule has 1 rings (SSSR count). The van der Waals surface area contributed by atoms with Crippen molar-refractivity contribution in [1.29, 1.82) is 0 Å². The predicted octanol–water partition coefficient (Wildman–Crippen LogP) is 0.614. The Balaban J connectivity index is 2.86. The minimum absolute atomic E-state index is 0.311. The molecule has 1 heterocycles. The van der Waals surface area contributed by atoms with E-state index in [4.69, 9.17) is 5.11 Å². The molecular weight excluding hydrogens is 240 g/mol. The van der Waals surface area contributed by atoms with E-state index in [9.17, 15) is 8.42 Å². The average molecular weight is 258 g/mol. The van der Waals surface area contributed by atoms with E-state index in [0.717, 1.165) is 5.56 Å². The fourth-order valence-corrected chi connectivity index (χ4v) is 2.81. The summed E-state index contributed by atoms with van der Waals surface area (Å²) < 4.78 is 25.5. The Bertz CT molecular complexity index is 433. The van der Waals surface area contributed by atoms with E-state index in [1.54, 1.807) is 31.5 Å². The van der Waals surface area contributed by atoms with E-state index in [1.807, 2.05) is 0 Å². The Morgan fingerprint density at radius 1 is 1.41 bits per heavy atom. The van der Waals surface area contributed by atoms with Gasteiger partial charge in [0, 0.05) is 25.5 Å².